The molecule has 0 unspecified atom stereocenters. The molecule has 7 heteroatoms. The molecule has 0 amide bonds. The highest BCUT2D eigenvalue weighted by atomic mass is 19.1. The van der Waals surface area contributed by atoms with Crippen molar-refractivity contribution in [2.45, 2.75) is 6.61 Å². The van der Waals surface area contributed by atoms with Crippen LogP contribution >= 0.6 is 0 Å². The lowest BCUT2D eigenvalue weighted by Crippen LogP contribution is -2.15. The van der Waals surface area contributed by atoms with E-state index in [0.29, 0.717) is 41.8 Å². The van der Waals surface area contributed by atoms with E-state index < -0.39 is 11.6 Å². The average Bonchev–Trinajstić information content (AvgIpc) is 3.19. The molecule has 0 radical (unpaired) electrons. The number of ketones is 1. The summed E-state index contributed by atoms with van der Waals surface area (Å²) in [5.41, 5.74) is 0.465. The smallest absolute Gasteiger partial charge is 0.186 e. The number of carbonyl (C=O) groups is 1. The second kappa shape index (κ2) is 8.18. The van der Waals surface area contributed by atoms with Crippen molar-refractivity contribution >= 4 is 11.9 Å². The van der Waals surface area contributed by atoms with Gasteiger partial charge in [0, 0.05) is 11.6 Å². The molecule has 0 atom stereocenters. The number of halogens is 2. The summed E-state index contributed by atoms with van der Waals surface area (Å²) < 4.78 is 48.2. The van der Waals surface area contributed by atoms with Gasteiger partial charge in [-0.15, -0.1) is 0 Å². The molecule has 0 spiro atoms. The third-order valence-corrected chi connectivity index (χ3v) is 4.17. The minimum absolute atomic E-state index is 0.0352. The first-order valence-electron chi connectivity index (χ1n) is 8.87. The fourth-order valence-electron chi connectivity index (χ4n) is 2.75. The number of ether oxygens (including phenoxy) is 3. The normalized spacial score (nSPS) is 12.9. The van der Waals surface area contributed by atoms with Crippen molar-refractivity contribution in [3.05, 3.63) is 83.3 Å². The van der Waals surface area contributed by atoms with Crippen molar-refractivity contribution in [1.82, 2.24) is 0 Å². The first kappa shape index (κ1) is 18.7. The molecule has 0 fully saturated rings. The Hall–Kier alpha value is -3.61. The molecule has 29 heavy (non-hydrogen) atoms. The highest BCUT2D eigenvalue weighted by Gasteiger charge is 2.14. The van der Waals surface area contributed by atoms with Crippen LogP contribution in [0.1, 0.15) is 21.9 Å². The Balaban J connectivity index is 1.38. The molecule has 0 bridgehead atoms. The van der Waals surface area contributed by atoms with Crippen molar-refractivity contribution < 1.29 is 32.2 Å². The number of benzene rings is 2. The van der Waals surface area contributed by atoms with Crippen molar-refractivity contribution in [3.8, 4) is 17.2 Å². The van der Waals surface area contributed by atoms with Gasteiger partial charge in [-0.3, -0.25) is 4.79 Å². The van der Waals surface area contributed by atoms with E-state index >= 15 is 0 Å². The Kier molecular flexibility index (Phi) is 5.29. The number of fused-ring (bicyclic) bond motifs is 1. The summed E-state index contributed by atoms with van der Waals surface area (Å²) in [6.45, 7) is 0.893. The van der Waals surface area contributed by atoms with Gasteiger partial charge in [-0.1, -0.05) is 0 Å². The lowest BCUT2D eigenvalue weighted by atomic mass is 10.1. The molecule has 1 aromatic heterocycles. The van der Waals surface area contributed by atoms with Crippen molar-refractivity contribution in [3.63, 3.8) is 0 Å². The highest BCUT2D eigenvalue weighted by Crippen LogP contribution is 2.31. The van der Waals surface area contributed by atoms with Gasteiger partial charge in [0.05, 0.1) is 0 Å². The number of allylic oxidation sites excluding steroid dienone is 1. The summed E-state index contributed by atoms with van der Waals surface area (Å²) in [6, 6.07) is 11.4. The molecule has 5 nitrogen and oxygen atoms in total. The Bertz CT molecular complexity index is 1070. The second-order valence-corrected chi connectivity index (χ2v) is 6.22. The first-order valence-corrected chi connectivity index (χ1v) is 8.87. The summed E-state index contributed by atoms with van der Waals surface area (Å²) in [6.07, 6.45) is 2.91. The molecule has 4 rings (SSSR count). The molecular weight excluding hydrogens is 382 g/mol. The van der Waals surface area contributed by atoms with Gasteiger partial charge in [-0.05, 0) is 54.6 Å². The Morgan fingerprint density at radius 2 is 1.83 bits per heavy atom. The van der Waals surface area contributed by atoms with E-state index in [2.05, 4.69) is 0 Å². The van der Waals surface area contributed by atoms with Crippen LogP contribution in [0, 0.1) is 11.6 Å². The molecule has 2 heterocycles. The minimum atomic E-state index is -0.790. The zero-order valence-corrected chi connectivity index (χ0v) is 15.2. The molecule has 1 aliphatic rings. The highest BCUT2D eigenvalue weighted by molar-refractivity contribution is 6.07. The predicted octanol–water partition coefficient (Wildman–Crippen LogP) is 4.80. The molecule has 148 valence electrons. The Morgan fingerprint density at radius 3 is 2.66 bits per heavy atom. The maximum absolute atomic E-state index is 13.6. The van der Waals surface area contributed by atoms with Crippen LogP contribution < -0.4 is 14.2 Å². The topological polar surface area (TPSA) is 57.9 Å². The van der Waals surface area contributed by atoms with Gasteiger partial charge in [0.25, 0.3) is 0 Å². The van der Waals surface area contributed by atoms with Gasteiger partial charge in [0.15, 0.2) is 28.8 Å². The van der Waals surface area contributed by atoms with E-state index in [0.717, 1.165) is 12.1 Å². The second-order valence-electron chi connectivity index (χ2n) is 6.22. The molecule has 0 aliphatic carbocycles. The zero-order valence-electron chi connectivity index (χ0n) is 15.2. The van der Waals surface area contributed by atoms with Crippen molar-refractivity contribution in [2.24, 2.45) is 0 Å². The number of hydrogen-bond acceptors (Lipinski definition) is 5. The fourth-order valence-corrected chi connectivity index (χ4v) is 2.75. The maximum Gasteiger partial charge on any atom is 0.186 e. The van der Waals surface area contributed by atoms with Crippen LogP contribution in [0.25, 0.3) is 6.08 Å². The largest absolute Gasteiger partial charge is 0.486 e. The quantitative estimate of drug-likeness (QED) is 0.441. The first-order chi connectivity index (χ1) is 14.1. The van der Waals surface area contributed by atoms with Gasteiger partial charge in [-0.25, -0.2) is 8.78 Å². The molecule has 2 aromatic carbocycles. The van der Waals surface area contributed by atoms with E-state index in [1.807, 2.05) is 0 Å². The van der Waals surface area contributed by atoms with Gasteiger partial charge >= 0.3 is 0 Å². The molecule has 1 aliphatic heterocycles. The number of rotatable bonds is 6. The van der Waals surface area contributed by atoms with Gasteiger partial charge in [-0.2, -0.15) is 0 Å². The molecule has 0 saturated carbocycles. The van der Waals surface area contributed by atoms with Crippen LogP contribution in [0.15, 0.2) is 59.0 Å². The Labute approximate surface area is 165 Å². The molecule has 0 N–H and O–H groups in total. The zero-order chi connectivity index (χ0) is 20.2. The van der Waals surface area contributed by atoms with Gasteiger partial charge in [0.1, 0.15) is 37.2 Å². The number of carbonyl (C=O) groups excluding carboxylic acids is 1. The third-order valence-electron chi connectivity index (χ3n) is 4.17. The third kappa shape index (κ3) is 4.45. The lowest BCUT2D eigenvalue weighted by Gasteiger charge is -2.18. The summed E-state index contributed by atoms with van der Waals surface area (Å²) in [7, 11) is 0. The summed E-state index contributed by atoms with van der Waals surface area (Å²) in [5.74, 6) is 0.267. The molecule has 0 saturated heterocycles. The van der Waals surface area contributed by atoms with Crippen molar-refractivity contribution in [2.75, 3.05) is 13.2 Å². The van der Waals surface area contributed by atoms with Crippen LogP contribution in [-0.4, -0.2) is 19.0 Å². The van der Waals surface area contributed by atoms with Crippen LogP contribution in [0.5, 0.6) is 17.2 Å². The molecule has 3 aromatic rings. The number of furan rings is 1. The van der Waals surface area contributed by atoms with E-state index in [-0.39, 0.29) is 18.1 Å². The minimum Gasteiger partial charge on any atom is -0.486 e. The fraction of sp³-hybridized carbons (Fsp3) is 0.136. The van der Waals surface area contributed by atoms with E-state index in [4.69, 9.17) is 18.6 Å². The average molecular weight is 398 g/mol. The standard InChI is InChI=1S/C22H16F2O5/c23-15-2-8-20(18(24)12-15)28-13-17-4-3-16(29-17)5-6-19(25)14-1-7-21-22(11-14)27-10-9-26-21/h1-8,11-12H,9-10,13H2/b6-5+. The summed E-state index contributed by atoms with van der Waals surface area (Å²) >= 11 is 0. The van der Waals surface area contributed by atoms with Gasteiger partial charge in [0.2, 0.25) is 0 Å². The van der Waals surface area contributed by atoms with Crippen LogP contribution in [0.2, 0.25) is 0 Å². The lowest BCUT2D eigenvalue weighted by molar-refractivity contribution is 0.104. The summed E-state index contributed by atoms with van der Waals surface area (Å²) in [5, 5.41) is 0. The monoisotopic (exact) mass is 398 g/mol. The number of hydrogen-bond donors (Lipinski definition) is 0. The van der Waals surface area contributed by atoms with Crippen LogP contribution in [0.4, 0.5) is 8.78 Å². The van der Waals surface area contributed by atoms with Gasteiger partial charge < -0.3 is 18.6 Å². The van der Waals surface area contributed by atoms with Crippen LogP contribution in [-0.2, 0) is 6.61 Å². The Morgan fingerprint density at radius 1 is 1.00 bits per heavy atom. The predicted molar refractivity (Wildman–Crippen MR) is 100 cm³/mol. The van der Waals surface area contributed by atoms with E-state index in [1.54, 1.807) is 30.3 Å². The van der Waals surface area contributed by atoms with E-state index in [1.165, 1.54) is 18.2 Å². The summed E-state index contributed by atoms with van der Waals surface area (Å²) in [4.78, 5) is 12.4. The SMILES string of the molecule is O=C(/C=C/c1ccc(COc2ccc(F)cc2F)o1)c1ccc2c(c1)OCCO2. The van der Waals surface area contributed by atoms with E-state index in [9.17, 15) is 13.6 Å². The molecular formula is C22H16F2O5. The maximum atomic E-state index is 13.6. The van der Waals surface area contributed by atoms with Crippen LogP contribution in [0.3, 0.4) is 0 Å². The van der Waals surface area contributed by atoms with Crippen molar-refractivity contribution in [1.29, 1.82) is 0 Å².